The van der Waals surface area contributed by atoms with Crippen LogP contribution in [-0.4, -0.2) is 29.2 Å². The van der Waals surface area contributed by atoms with Gasteiger partial charge in [0, 0.05) is 23.4 Å². The number of guanidine groups is 1. The smallest absolute Gasteiger partial charge is 0.248 e. The molecule has 0 bridgehead atoms. The second-order valence-corrected chi connectivity index (χ2v) is 7.55. The first kappa shape index (κ1) is 21.1. The summed E-state index contributed by atoms with van der Waals surface area (Å²) in [5.74, 6) is 1.99. The quantitative estimate of drug-likeness (QED) is 0.364. The van der Waals surface area contributed by atoms with Crippen molar-refractivity contribution in [3.05, 3.63) is 34.1 Å². The monoisotopic (exact) mass is 489 g/mol. The van der Waals surface area contributed by atoms with Gasteiger partial charge in [0.25, 0.3) is 0 Å². The maximum absolute atomic E-state index is 5.14. The molecule has 0 saturated heterocycles. The molecule has 8 heteroatoms. The summed E-state index contributed by atoms with van der Waals surface area (Å²) >= 11 is 1.87. The maximum Gasteiger partial charge on any atom is 0.248 e. The molecule has 0 unspecified atom stereocenters. The minimum absolute atomic E-state index is 0. The van der Waals surface area contributed by atoms with E-state index in [9.17, 15) is 0 Å². The third kappa shape index (κ3) is 5.42. The SMILES string of the molecule is CCNC(=NCc1nc(C)no1)NCC1(c2cccs2)CCCCC1.I. The fourth-order valence-electron chi connectivity index (χ4n) is 3.46. The molecular formula is C18H28IN5OS. The minimum Gasteiger partial charge on any atom is -0.357 e. The number of hydrogen-bond donors (Lipinski definition) is 2. The molecule has 0 aliphatic heterocycles. The van der Waals surface area contributed by atoms with E-state index in [1.807, 2.05) is 18.3 Å². The summed E-state index contributed by atoms with van der Waals surface area (Å²) in [6.45, 7) is 6.00. The standard InChI is InChI=1S/C18H27N5OS.HI/c1-3-19-17(20-12-16-22-14(2)23-24-16)21-13-18(9-5-4-6-10-18)15-8-7-11-25-15;/h7-8,11H,3-6,9-10,12-13H2,1-2H3,(H2,19,20,21);1H. The molecule has 1 aliphatic rings. The minimum atomic E-state index is 0. The molecule has 1 fully saturated rings. The van der Waals surface area contributed by atoms with E-state index in [-0.39, 0.29) is 29.4 Å². The van der Waals surface area contributed by atoms with Crippen LogP contribution in [0.3, 0.4) is 0 Å². The zero-order chi connectivity index (χ0) is 17.5. The van der Waals surface area contributed by atoms with Crippen molar-refractivity contribution in [3.63, 3.8) is 0 Å². The Morgan fingerprint density at radius 1 is 1.31 bits per heavy atom. The summed E-state index contributed by atoms with van der Waals surface area (Å²) in [6.07, 6.45) is 6.42. The van der Waals surface area contributed by atoms with Crippen molar-refractivity contribution in [3.8, 4) is 0 Å². The fraction of sp³-hybridized carbons (Fsp3) is 0.611. The fourth-order valence-corrected chi connectivity index (χ4v) is 4.45. The van der Waals surface area contributed by atoms with E-state index >= 15 is 0 Å². The Hall–Kier alpha value is -1.16. The van der Waals surface area contributed by atoms with Crippen LogP contribution >= 0.6 is 35.3 Å². The lowest BCUT2D eigenvalue weighted by Gasteiger charge is -2.37. The van der Waals surface area contributed by atoms with Gasteiger partial charge in [0.15, 0.2) is 11.8 Å². The van der Waals surface area contributed by atoms with Crippen LogP contribution in [0.25, 0.3) is 0 Å². The first-order chi connectivity index (χ1) is 12.2. The van der Waals surface area contributed by atoms with Crippen LogP contribution < -0.4 is 10.6 Å². The van der Waals surface area contributed by atoms with Crippen LogP contribution in [0.15, 0.2) is 27.0 Å². The van der Waals surface area contributed by atoms with E-state index in [0.29, 0.717) is 18.3 Å². The molecule has 3 rings (SSSR count). The highest BCUT2D eigenvalue weighted by Gasteiger charge is 2.34. The molecule has 1 saturated carbocycles. The molecule has 0 atom stereocenters. The molecule has 6 nitrogen and oxygen atoms in total. The topological polar surface area (TPSA) is 75.3 Å². The molecule has 144 valence electrons. The van der Waals surface area contributed by atoms with Gasteiger partial charge in [-0.2, -0.15) is 4.98 Å². The Morgan fingerprint density at radius 3 is 2.73 bits per heavy atom. The zero-order valence-corrected chi connectivity index (χ0v) is 18.6. The lowest BCUT2D eigenvalue weighted by atomic mass is 9.73. The molecule has 0 aromatic carbocycles. The molecular weight excluding hydrogens is 461 g/mol. The van der Waals surface area contributed by atoms with E-state index in [1.165, 1.54) is 37.0 Å². The van der Waals surface area contributed by atoms with Gasteiger partial charge in [-0.1, -0.05) is 30.5 Å². The number of aryl methyl sites for hydroxylation is 1. The van der Waals surface area contributed by atoms with Crippen molar-refractivity contribution in [2.24, 2.45) is 4.99 Å². The van der Waals surface area contributed by atoms with Gasteiger partial charge in [-0.3, -0.25) is 0 Å². The molecule has 2 heterocycles. The Kier molecular flexibility index (Phi) is 8.33. The largest absolute Gasteiger partial charge is 0.357 e. The molecule has 0 amide bonds. The number of hydrogen-bond acceptors (Lipinski definition) is 5. The average Bonchev–Trinajstić information content (AvgIpc) is 3.30. The number of rotatable bonds is 6. The van der Waals surface area contributed by atoms with Gasteiger partial charge >= 0.3 is 0 Å². The van der Waals surface area contributed by atoms with Crippen molar-refractivity contribution < 1.29 is 4.52 Å². The van der Waals surface area contributed by atoms with E-state index < -0.39 is 0 Å². The molecule has 2 N–H and O–H groups in total. The summed E-state index contributed by atoms with van der Waals surface area (Å²) in [4.78, 5) is 10.3. The Bertz CT molecular complexity index is 680. The van der Waals surface area contributed by atoms with Gasteiger partial charge in [-0.15, -0.1) is 35.3 Å². The van der Waals surface area contributed by atoms with Gasteiger partial charge in [0.05, 0.1) is 0 Å². The van der Waals surface area contributed by atoms with Gasteiger partial charge in [-0.05, 0) is 38.1 Å². The third-order valence-corrected chi connectivity index (χ3v) is 5.85. The Morgan fingerprint density at radius 2 is 2.12 bits per heavy atom. The summed E-state index contributed by atoms with van der Waals surface area (Å²) in [5, 5.41) is 12.9. The van der Waals surface area contributed by atoms with Crippen LogP contribution in [0.2, 0.25) is 0 Å². The highest BCUT2D eigenvalue weighted by atomic mass is 127. The molecule has 0 spiro atoms. The van der Waals surface area contributed by atoms with Crippen molar-refractivity contribution in [1.29, 1.82) is 0 Å². The normalized spacial score (nSPS) is 16.8. The summed E-state index contributed by atoms with van der Waals surface area (Å²) < 4.78 is 5.14. The predicted molar refractivity (Wildman–Crippen MR) is 116 cm³/mol. The predicted octanol–water partition coefficient (Wildman–Crippen LogP) is 4.01. The summed E-state index contributed by atoms with van der Waals surface area (Å²) in [7, 11) is 0. The first-order valence-electron chi connectivity index (χ1n) is 9.07. The van der Waals surface area contributed by atoms with Crippen molar-refractivity contribution in [1.82, 2.24) is 20.8 Å². The van der Waals surface area contributed by atoms with Crippen molar-refractivity contribution in [2.45, 2.75) is 57.9 Å². The lowest BCUT2D eigenvalue weighted by Crippen LogP contribution is -2.46. The Labute approximate surface area is 176 Å². The Balaban J connectivity index is 0.00000243. The molecule has 2 aromatic heterocycles. The van der Waals surface area contributed by atoms with Gasteiger partial charge in [-0.25, -0.2) is 4.99 Å². The van der Waals surface area contributed by atoms with Gasteiger partial charge < -0.3 is 15.2 Å². The van der Waals surface area contributed by atoms with Crippen LogP contribution in [0.5, 0.6) is 0 Å². The number of nitrogens with one attached hydrogen (secondary N) is 2. The van der Waals surface area contributed by atoms with E-state index in [0.717, 1.165) is 19.0 Å². The van der Waals surface area contributed by atoms with E-state index in [4.69, 9.17) is 4.52 Å². The number of halogens is 1. The van der Waals surface area contributed by atoms with Crippen molar-refractivity contribution >= 4 is 41.3 Å². The maximum atomic E-state index is 5.14. The van der Waals surface area contributed by atoms with Crippen LogP contribution in [0.1, 0.15) is 55.6 Å². The molecule has 26 heavy (non-hydrogen) atoms. The second kappa shape index (κ2) is 10.2. The third-order valence-electron chi connectivity index (χ3n) is 4.74. The highest BCUT2D eigenvalue weighted by Crippen LogP contribution is 2.41. The van der Waals surface area contributed by atoms with Crippen LogP contribution in [0.4, 0.5) is 0 Å². The molecule has 1 aliphatic carbocycles. The molecule has 0 radical (unpaired) electrons. The zero-order valence-electron chi connectivity index (χ0n) is 15.5. The number of thiophene rings is 1. The van der Waals surface area contributed by atoms with Crippen LogP contribution in [0, 0.1) is 6.92 Å². The first-order valence-corrected chi connectivity index (χ1v) is 9.95. The van der Waals surface area contributed by atoms with Gasteiger partial charge in [0.2, 0.25) is 5.89 Å². The average molecular weight is 489 g/mol. The highest BCUT2D eigenvalue weighted by molar-refractivity contribution is 14.0. The number of aromatic nitrogens is 2. The summed E-state index contributed by atoms with van der Waals surface area (Å²) in [6, 6.07) is 4.44. The van der Waals surface area contributed by atoms with E-state index in [1.54, 1.807) is 0 Å². The van der Waals surface area contributed by atoms with E-state index in [2.05, 4.69) is 50.2 Å². The van der Waals surface area contributed by atoms with Gasteiger partial charge in [0.1, 0.15) is 6.54 Å². The number of aliphatic imine (C=N–C) groups is 1. The van der Waals surface area contributed by atoms with Crippen molar-refractivity contribution in [2.75, 3.05) is 13.1 Å². The molecule has 2 aromatic rings. The number of nitrogens with zero attached hydrogens (tertiary/aromatic N) is 3. The summed E-state index contributed by atoms with van der Waals surface area (Å²) in [5.41, 5.74) is 0.226. The van der Waals surface area contributed by atoms with Crippen LogP contribution in [-0.2, 0) is 12.0 Å². The second-order valence-electron chi connectivity index (χ2n) is 6.60. The lowest BCUT2D eigenvalue weighted by molar-refractivity contribution is 0.296.